The van der Waals surface area contributed by atoms with Crippen LogP contribution >= 0.6 is 0 Å². The van der Waals surface area contributed by atoms with Gasteiger partial charge in [0.2, 0.25) is 0 Å². The minimum atomic E-state index is 0.999. The van der Waals surface area contributed by atoms with Gasteiger partial charge in [0.1, 0.15) is 5.82 Å². The van der Waals surface area contributed by atoms with E-state index in [1.807, 2.05) is 12.4 Å². The van der Waals surface area contributed by atoms with Gasteiger partial charge in [0, 0.05) is 23.7 Å². The molecular weight excluding hydrogens is 256 g/mol. The molecule has 2 aromatic carbocycles. The average molecular weight is 272 g/mol. The lowest BCUT2D eigenvalue weighted by molar-refractivity contribution is 1.00. The van der Waals surface area contributed by atoms with Crippen LogP contribution in [-0.4, -0.2) is 9.55 Å². The highest BCUT2D eigenvalue weighted by atomic mass is 15.1. The van der Waals surface area contributed by atoms with Crippen LogP contribution in [0.1, 0.15) is 12.8 Å². The molecule has 0 radical (unpaired) electrons. The second-order valence-electron chi connectivity index (χ2n) is 5.29. The van der Waals surface area contributed by atoms with E-state index in [2.05, 4.69) is 70.2 Å². The molecular formula is C19H16N2. The van der Waals surface area contributed by atoms with Crippen LogP contribution in [0.4, 0.5) is 0 Å². The van der Waals surface area contributed by atoms with Gasteiger partial charge in [-0.15, -0.1) is 0 Å². The van der Waals surface area contributed by atoms with Gasteiger partial charge in [-0.3, -0.25) is 0 Å². The summed E-state index contributed by atoms with van der Waals surface area (Å²) >= 11 is 0. The van der Waals surface area contributed by atoms with Crippen molar-refractivity contribution in [1.82, 2.24) is 9.55 Å². The first-order valence-corrected chi connectivity index (χ1v) is 7.31. The maximum Gasteiger partial charge on any atom is 0.144 e. The molecule has 0 bridgehead atoms. The third-order valence-electron chi connectivity index (χ3n) is 3.90. The number of hydrogen-bond donors (Lipinski definition) is 0. The van der Waals surface area contributed by atoms with E-state index in [9.17, 15) is 0 Å². The van der Waals surface area contributed by atoms with Crippen LogP contribution in [0.15, 0.2) is 73.1 Å². The quantitative estimate of drug-likeness (QED) is 0.649. The minimum Gasteiger partial charge on any atom is -0.300 e. The molecule has 1 heterocycles. The number of imidazole rings is 1. The summed E-state index contributed by atoms with van der Waals surface area (Å²) in [6.07, 6.45) is 12.8. The lowest BCUT2D eigenvalue weighted by Gasteiger charge is -2.12. The van der Waals surface area contributed by atoms with E-state index in [4.69, 9.17) is 0 Å². The SMILES string of the molecule is C1=CC(n2ccnc2-c2ccc3ccccc3c2)=CCC1. The van der Waals surface area contributed by atoms with Crippen molar-refractivity contribution in [2.24, 2.45) is 0 Å². The molecule has 2 heteroatoms. The van der Waals surface area contributed by atoms with Crippen LogP contribution in [0.3, 0.4) is 0 Å². The van der Waals surface area contributed by atoms with Crippen LogP contribution in [0, 0.1) is 0 Å². The number of aromatic nitrogens is 2. The maximum atomic E-state index is 4.56. The predicted molar refractivity (Wildman–Crippen MR) is 87.8 cm³/mol. The molecule has 0 aliphatic heterocycles. The highest BCUT2D eigenvalue weighted by Crippen LogP contribution is 2.26. The Morgan fingerprint density at radius 3 is 2.71 bits per heavy atom. The number of benzene rings is 2. The van der Waals surface area contributed by atoms with Gasteiger partial charge in [-0.25, -0.2) is 4.98 Å². The zero-order valence-corrected chi connectivity index (χ0v) is 11.7. The summed E-state index contributed by atoms with van der Waals surface area (Å²) in [7, 11) is 0. The molecule has 0 N–H and O–H groups in total. The van der Waals surface area contributed by atoms with Gasteiger partial charge in [-0.1, -0.05) is 48.6 Å². The minimum absolute atomic E-state index is 0.999. The third-order valence-corrected chi connectivity index (χ3v) is 3.90. The smallest absolute Gasteiger partial charge is 0.144 e. The maximum absolute atomic E-state index is 4.56. The summed E-state index contributed by atoms with van der Waals surface area (Å²) in [5, 5.41) is 2.51. The second-order valence-corrected chi connectivity index (χ2v) is 5.29. The van der Waals surface area contributed by atoms with Crippen molar-refractivity contribution < 1.29 is 0 Å². The number of allylic oxidation sites excluding steroid dienone is 4. The van der Waals surface area contributed by atoms with Gasteiger partial charge in [0.15, 0.2) is 0 Å². The fourth-order valence-corrected chi connectivity index (χ4v) is 2.83. The first-order chi connectivity index (χ1) is 10.4. The van der Waals surface area contributed by atoms with E-state index >= 15 is 0 Å². The lowest BCUT2D eigenvalue weighted by atomic mass is 10.1. The Balaban J connectivity index is 1.84. The van der Waals surface area contributed by atoms with E-state index in [0.29, 0.717) is 0 Å². The summed E-state index contributed by atoms with van der Waals surface area (Å²) in [6, 6.07) is 14.9. The molecule has 2 nitrogen and oxygen atoms in total. The average Bonchev–Trinajstić information content (AvgIpc) is 3.05. The van der Waals surface area contributed by atoms with Crippen LogP contribution in [0.2, 0.25) is 0 Å². The largest absolute Gasteiger partial charge is 0.300 e. The van der Waals surface area contributed by atoms with E-state index in [1.54, 1.807) is 0 Å². The Bertz CT molecular complexity index is 853. The highest BCUT2D eigenvalue weighted by Gasteiger charge is 2.09. The van der Waals surface area contributed by atoms with Crippen molar-refractivity contribution in [3.8, 4) is 11.4 Å². The number of hydrogen-bond acceptors (Lipinski definition) is 1. The summed E-state index contributed by atoms with van der Waals surface area (Å²) in [5.41, 5.74) is 2.36. The molecule has 0 spiro atoms. The molecule has 1 aliphatic rings. The van der Waals surface area contributed by atoms with Gasteiger partial charge in [-0.2, -0.15) is 0 Å². The van der Waals surface area contributed by atoms with E-state index in [0.717, 1.165) is 24.2 Å². The van der Waals surface area contributed by atoms with Gasteiger partial charge in [0.25, 0.3) is 0 Å². The van der Waals surface area contributed by atoms with Gasteiger partial charge in [0.05, 0.1) is 0 Å². The van der Waals surface area contributed by atoms with Crippen LogP contribution in [-0.2, 0) is 0 Å². The number of fused-ring (bicyclic) bond motifs is 1. The number of rotatable bonds is 2. The second kappa shape index (κ2) is 5.06. The molecule has 0 atom stereocenters. The molecule has 0 saturated heterocycles. The summed E-state index contributed by atoms with van der Waals surface area (Å²) in [6.45, 7) is 0. The highest BCUT2D eigenvalue weighted by molar-refractivity contribution is 5.86. The Morgan fingerprint density at radius 2 is 1.86 bits per heavy atom. The van der Waals surface area contributed by atoms with Crippen molar-refractivity contribution in [2.45, 2.75) is 12.8 Å². The van der Waals surface area contributed by atoms with Crippen molar-refractivity contribution in [3.63, 3.8) is 0 Å². The van der Waals surface area contributed by atoms with E-state index in [1.165, 1.54) is 16.5 Å². The van der Waals surface area contributed by atoms with Crippen LogP contribution < -0.4 is 0 Å². The third kappa shape index (κ3) is 2.19. The van der Waals surface area contributed by atoms with E-state index < -0.39 is 0 Å². The molecule has 0 fully saturated rings. The molecule has 102 valence electrons. The fraction of sp³-hybridized carbons (Fsp3) is 0.105. The molecule has 0 saturated carbocycles. The van der Waals surface area contributed by atoms with Crippen molar-refractivity contribution in [1.29, 1.82) is 0 Å². The molecule has 3 aromatic rings. The molecule has 0 unspecified atom stereocenters. The molecule has 1 aromatic heterocycles. The Hall–Kier alpha value is -2.61. The molecule has 1 aliphatic carbocycles. The molecule has 0 amide bonds. The van der Waals surface area contributed by atoms with Gasteiger partial charge < -0.3 is 4.57 Å². The number of nitrogens with zero attached hydrogens (tertiary/aromatic N) is 2. The zero-order valence-electron chi connectivity index (χ0n) is 11.7. The van der Waals surface area contributed by atoms with E-state index in [-0.39, 0.29) is 0 Å². The van der Waals surface area contributed by atoms with Crippen molar-refractivity contribution >= 4 is 16.5 Å². The summed E-state index contributed by atoms with van der Waals surface area (Å²) in [5.74, 6) is 0.999. The van der Waals surface area contributed by atoms with Crippen molar-refractivity contribution in [3.05, 3.63) is 73.1 Å². The summed E-state index contributed by atoms with van der Waals surface area (Å²) in [4.78, 5) is 4.56. The van der Waals surface area contributed by atoms with Crippen molar-refractivity contribution in [2.75, 3.05) is 0 Å². The predicted octanol–water partition coefficient (Wildman–Crippen LogP) is 4.89. The monoisotopic (exact) mass is 272 g/mol. The first-order valence-electron chi connectivity index (χ1n) is 7.31. The topological polar surface area (TPSA) is 17.8 Å². The Morgan fingerprint density at radius 1 is 0.952 bits per heavy atom. The normalized spacial score (nSPS) is 14.4. The zero-order chi connectivity index (χ0) is 14.1. The van der Waals surface area contributed by atoms with Gasteiger partial charge >= 0.3 is 0 Å². The Kier molecular flexibility index (Phi) is 2.93. The Labute approximate surface area is 124 Å². The van der Waals surface area contributed by atoms with Gasteiger partial charge in [-0.05, 0) is 35.8 Å². The first kappa shape index (κ1) is 12.2. The van der Waals surface area contributed by atoms with Crippen LogP contribution in [0.25, 0.3) is 27.9 Å². The fourth-order valence-electron chi connectivity index (χ4n) is 2.83. The summed E-state index contributed by atoms with van der Waals surface area (Å²) < 4.78 is 2.17. The van der Waals surface area contributed by atoms with Crippen LogP contribution in [0.5, 0.6) is 0 Å². The lowest BCUT2D eigenvalue weighted by Crippen LogP contribution is -1.98. The molecule has 4 rings (SSSR count). The molecule has 21 heavy (non-hydrogen) atoms. The standard InChI is InChI=1S/C19H16N2/c1-2-8-18(9-3-1)21-13-12-20-19(21)17-11-10-15-6-4-5-7-16(15)14-17/h2,4-14H,1,3H2.